The first kappa shape index (κ1) is 12.4. The van der Waals surface area contributed by atoms with Gasteiger partial charge in [-0.25, -0.2) is 4.79 Å². The van der Waals surface area contributed by atoms with Crippen molar-refractivity contribution in [2.24, 2.45) is 7.05 Å². The molecule has 0 unspecified atom stereocenters. The van der Waals surface area contributed by atoms with Crippen molar-refractivity contribution in [1.82, 2.24) is 9.88 Å². The van der Waals surface area contributed by atoms with Crippen molar-refractivity contribution in [2.75, 3.05) is 0 Å². The van der Waals surface area contributed by atoms with E-state index in [-0.39, 0.29) is 5.76 Å². The minimum absolute atomic E-state index is 0.368. The molecular formula is C13H15N3O2. The Hall–Kier alpha value is -2.06. The molecule has 2 aromatic rings. The number of oxazole rings is 1. The van der Waals surface area contributed by atoms with Crippen LogP contribution in [0.2, 0.25) is 0 Å². The van der Waals surface area contributed by atoms with Crippen molar-refractivity contribution < 1.29 is 4.42 Å². The summed E-state index contributed by atoms with van der Waals surface area (Å²) in [6, 6.07) is 7.75. The van der Waals surface area contributed by atoms with Crippen LogP contribution in [0, 0.1) is 11.3 Å². The number of fused-ring (bicyclic) bond motifs is 1. The molecule has 2 rings (SSSR count). The van der Waals surface area contributed by atoms with Gasteiger partial charge in [0.25, 0.3) is 0 Å². The molecule has 5 nitrogen and oxygen atoms in total. The summed E-state index contributed by atoms with van der Waals surface area (Å²) in [7, 11) is 1.67. The van der Waals surface area contributed by atoms with E-state index < -0.39 is 5.54 Å². The van der Waals surface area contributed by atoms with Crippen molar-refractivity contribution in [1.29, 1.82) is 5.26 Å². The van der Waals surface area contributed by atoms with Gasteiger partial charge in [0.15, 0.2) is 5.58 Å². The average Bonchev–Trinajstić information content (AvgIpc) is 2.62. The van der Waals surface area contributed by atoms with Crippen molar-refractivity contribution in [3.05, 3.63) is 34.3 Å². The van der Waals surface area contributed by atoms with E-state index in [1.54, 1.807) is 7.05 Å². The first-order chi connectivity index (χ1) is 8.43. The number of aromatic nitrogens is 1. The van der Waals surface area contributed by atoms with Crippen molar-refractivity contribution in [3.8, 4) is 6.07 Å². The quantitative estimate of drug-likeness (QED) is 0.890. The molecule has 1 N–H and O–H groups in total. The van der Waals surface area contributed by atoms with Gasteiger partial charge in [0, 0.05) is 13.6 Å². The number of aryl methyl sites for hydroxylation is 1. The molecule has 5 heteroatoms. The summed E-state index contributed by atoms with van der Waals surface area (Å²) in [5, 5.41) is 12.0. The number of hydrogen-bond acceptors (Lipinski definition) is 4. The molecule has 94 valence electrons. The van der Waals surface area contributed by atoms with Crippen molar-refractivity contribution in [2.45, 2.75) is 25.9 Å². The maximum absolute atomic E-state index is 11.4. The molecule has 0 aliphatic carbocycles. The van der Waals surface area contributed by atoms with Crippen LogP contribution in [0.4, 0.5) is 0 Å². The lowest BCUT2D eigenvalue weighted by molar-refractivity contribution is 0.484. The first-order valence-corrected chi connectivity index (χ1v) is 5.68. The van der Waals surface area contributed by atoms with E-state index in [0.717, 1.165) is 11.1 Å². The second-order valence-corrected chi connectivity index (χ2v) is 4.82. The molecule has 0 fully saturated rings. The van der Waals surface area contributed by atoms with Gasteiger partial charge in [-0.3, -0.25) is 9.88 Å². The van der Waals surface area contributed by atoms with E-state index in [1.165, 1.54) is 4.57 Å². The molecule has 1 aromatic carbocycles. The zero-order chi connectivity index (χ0) is 13.3. The van der Waals surface area contributed by atoms with Gasteiger partial charge in [0.05, 0.1) is 11.6 Å². The lowest BCUT2D eigenvalue weighted by Crippen LogP contribution is -2.36. The Balaban J connectivity index is 2.27. The van der Waals surface area contributed by atoms with Crippen LogP contribution >= 0.6 is 0 Å². The first-order valence-electron chi connectivity index (χ1n) is 5.68. The van der Waals surface area contributed by atoms with Gasteiger partial charge in [-0.15, -0.1) is 0 Å². The number of nitrogens with zero attached hydrogens (tertiary/aromatic N) is 2. The largest absolute Gasteiger partial charge is 0.419 e. The van der Waals surface area contributed by atoms with Crippen LogP contribution in [-0.4, -0.2) is 10.1 Å². The Morgan fingerprint density at radius 1 is 1.50 bits per heavy atom. The summed E-state index contributed by atoms with van der Waals surface area (Å²) in [5.74, 6) is -0.368. The highest BCUT2D eigenvalue weighted by Crippen LogP contribution is 2.14. The minimum Gasteiger partial charge on any atom is -0.408 e. The maximum atomic E-state index is 11.4. The molecule has 0 amide bonds. The van der Waals surface area contributed by atoms with Gasteiger partial charge < -0.3 is 4.42 Å². The molecular weight excluding hydrogens is 230 g/mol. The third kappa shape index (κ3) is 2.29. The zero-order valence-electron chi connectivity index (χ0n) is 10.7. The Bertz CT molecular complexity index is 674. The summed E-state index contributed by atoms with van der Waals surface area (Å²) in [6.07, 6.45) is 0. The summed E-state index contributed by atoms with van der Waals surface area (Å²) in [4.78, 5) is 11.4. The lowest BCUT2D eigenvalue weighted by Gasteiger charge is -2.17. The fourth-order valence-electron chi connectivity index (χ4n) is 1.65. The third-order valence-corrected chi connectivity index (χ3v) is 2.87. The molecule has 1 heterocycles. The van der Waals surface area contributed by atoms with Crippen LogP contribution in [-0.2, 0) is 13.6 Å². The number of rotatable bonds is 3. The number of nitrogens with one attached hydrogen (secondary N) is 1. The Morgan fingerprint density at radius 2 is 2.22 bits per heavy atom. The number of hydrogen-bond donors (Lipinski definition) is 1. The summed E-state index contributed by atoms with van der Waals surface area (Å²) >= 11 is 0. The average molecular weight is 245 g/mol. The van der Waals surface area contributed by atoms with Crippen molar-refractivity contribution in [3.63, 3.8) is 0 Å². The van der Waals surface area contributed by atoms with Crippen LogP contribution in [0.15, 0.2) is 27.4 Å². The lowest BCUT2D eigenvalue weighted by atomic mass is 10.1. The number of nitriles is 1. The Kier molecular flexibility index (Phi) is 2.97. The van der Waals surface area contributed by atoms with E-state index in [9.17, 15) is 4.79 Å². The Morgan fingerprint density at radius 3 is 2.89 bits per heavy atom. The van der Waals surface area contributed by atoms with Gasteiger partial charge in [0.1, 0.15) is 5.54 Å². The SMILES string of the molecule is Cn1c(=O)oc2cc(CNC(C)(C)C#N)ccc21. The van der Waals surface area contributed by atoms with Crippen LogP contribution < -0.4 is 11.1 Å². The van der Waals surface area contributed by atoms with Gasteiger partial charge >= 0.3 is 5.76 Å². The number of benzene rings is 1. The minimum atomic E-state index is -0.577. The molecule has 0 saturated heterocycles. The highest BCUT2D eigenvalue weighted by Gasteiger charge is 2.15. The summed E-state index contributed by atoms with van der Waals surface area (Å²) in [6.45, 7) is 4.18. The van der Waals surface area contributed by atoms with Crippen LogP contribution in [0.25, 0.3) is 11.1 Å². The van der Waals surface area contributed by atoms with Gasteiger partial charge in [-0.2, -0.15) is 5.26 Å². The van der Waals surface area contributed by atoms with Gasteiger partial charge in [-0.05, 0) is 31.5 Å². The predicted octanol–water partition coefficient (Wildman–Crippen LogP) is 1.52. The van der Waals surface area contributed by atoms with Gasteiger partial charge in [0.2, 0.25) is 0 Å². The zero-order valence-corrected chi connectivity index (χ0v) is 10.7. The smallest absolute Gasteiger partial charge is 0.408 e. The van der Waals surface area contributed by atoms with E-state index in [0.29, 0.717) is 12.1 Å². The topological polar surface area (TPSA) is 71.0 Å². The van der Waals surface area contributed by atoms with Crippen LogP contribution in [0.1, 0.15) is 19.4 Å². The molecule has 0 radical (unpaired) electrons. The van der Waals surface area contributed by atoms with Crippen LogP contribution in [0.3, 0.4) is 0 Å². The fraction of sp³-hybridized carbons (Fsp3) is 0.385. The molecule has 1 aromatic heterocycles. The van der Waals surface area contributed by atoms with E-state index in [4.69, 9.17) is 9.68 Å². The molecule has 0 bridgehead atoms. The maximum Gasteiger partial charge on any atom is 0.419 e. The Labute approximate surface area is 105 Å². The summed E-state index contributed by atoms with van der Waals surface area (Å²) in [5.41, 5.74) is 1.73. The highest BCUT2D eigenvalue weighted by atomic mass is 16.4. The highest BCUT2D eigenvalue weighted by molar-refractivity contribution is 5.73. The van der Waals surface area contributed by atoms with Crippen LogP contribution in [0.5, 0.6) is 0 Å². The van der Waals surface area contributed by atoms with E-state index in [2.05, 4.69) is 11.4 Å². The molecule has 0 atom stereocenters. The molecule has 0 saturated carbocycles. The molecule has 18 heavy (non-hydrogen) atoms. The second kappa shape index (κ2) is 4.31. The molecule has 0 spiro atoms. The summed E-state index contributed by atoms with van der Waals surface area (Å²) < 4.78 is 6.58. The second-order valence-electron chi connectivity index (χ2n) is 4.82. The van der Waals surface area contributed by atoms with E-state index in [1.807, 2.05) is 32.0 Å². The predicted molar refractivity (Wildman–Crippen MR) is 68.0 cm³/mol. The third-order valence-electron chi connectivity index (χ3n) is 2.87. The molecule has 0 aliphatic rings. The molecule has 0 aliphatic heterocycles. The van der Waals surface area contributed by atoms with Gasteiger partial charge in [-0.1, -0.05) is 6.07 Å². The normalized spacial score (nSPS) is 11.7. The van der Waals surface area contributed by atoms with Crippen molar-refractivity contribution >= 4 is 11.1 Å². The van der Waals surface area contributed by atoms with E-state index >= 15 is 0 Å². The fourth-order valence-corrected chi connectivity index (χ4v) is 1.65. The standard InChI is InChI=1S/C13H15N3O2/c1-13(2,8-14)15-7-9-4-5-10-11(6-9)18-12(17)16(10)3/h4-6,15H,7H2,1-3H3. The monoisotopic (exact) mass is 245 g/mol.